The molecule has 0 radical (unpaired) electrons. The molecule has 0 bridgehead atoms. The zero-order valence-electron chi connectivity index (χ0n) is 8.35. The average molecular weight is 216 g/mol. The van der Waals surface area contributed by atoms with Crippen LogP contribution in [0.4, 0.5) is 10.1 Å². The summed E-state index contributed by atoms with van der Waals surface area (Å²) in [5.74, 6) is -0.801. The standard InChI is InChI=1S/C12H9FN2O/c13-9-5-4-8(7-10(9)14)12(16)11-3-1-2-6-15-11/h1-7H,14H2. The summed E-state index contributed by atoms with van der Waals surface area (Å²) in [6, 6.07) is 8.91. The third-order valence-corrected chi connectivity index (χ3v) is 2.16. The average Bonchev–Trinajstić information content (AvgIpc) is 2.33. The van der Waals surface area contributed by atoms with E-state index in [-0.39, 0.29) is 11.5 Å². The number of nitrogens with zero attached hydrogens (tertiary/aromatic N) is 1. The SMILES string of the molecule is Nc1cc(C(=O)c2ccccn2)ccc1F. The molecular formula is C12H9FN2O. The van der Waals surface area contributed by atoms with Crippen LogP contribution in [-0.2, 0) is 0 Å². The molecule has 0 saturated carbocycles. The van der Waals surface area contributed by atoms with E-state index in [9.17, 15) is 9.18 Å². The number of anilines is 1. The summed E-state index contributed by atoms with van der Waals surface area (Å²) in [7, 11) is 0. The van der Waals surface area contributed by atoms with E-state index >= 15 is 0 Å². The van der Waals surface area contributed by atoms with Crippen LogP contribution in [0, 0.1) is 5.82 Å². The molecule has 4 heteroatoms. The van der Waals surface area contributed by atoms with Crippen molar-refractivity contribution in [1.82, 2.24) is 4.98 Å². The molecule has 0 saturated heterocycles. The van der Waals surface area contributed by atoms with Gasteiger partial charge in [-0.2, -0.15) is 0 Å². The fourth-order valence-electron chi connectivity index (χ4n) is 1.33. The van der Waals surface area contributed by atoms with E-state index in [0.717, 1.165) is 0 Å². The molecule has 0 aliphatic heterocycles. The lowest BCUT2D eigenvalue weighted by Gasteiger charge is -2.02. The van der Waals surface area contributed by atoms with Crippen LogP contribution in [0.5, 0.6) is 0 Å². The Morgan fingerprint density at radius 3 is 2.69 bits per heavy atom. The van der Waals surface area contributed by atoms with Crippen LogP contribution >= 0.6 is 0 Å². The second kappa shape index (κ2) is 4.10. The molecule has 2 N–H and O–H groups in total. The monoisotopic (exact) mass is 216 g/mol. The molecular weight excluding hydrogens is 207 g/mol. The van der Waals surface area contributed by atoms with Gasteiger partial charge in [0.15, 0.2) is 0 Å². The minimum Gasteiger partial charge on any atom is -0.396 e. The third-order valence-electron chi connectivity index (χ3n) is 2.16. The fourth-order valence-corrected chi connectivity index (χ4v) is 1.33. The highest BCUT2D eigenvalue weighted by molar-refractivity contribution is 6.08. The molecule has 0 atom stereocenters. The van der Waals surface area contributed by atoms with E-state index in [1.807, 2.05) is 0 Å². The number of hydrogen-bond acceptors (Lipinski definition) is 3. The van der Waals surface area contributed by atoms with E-state index in [2.05, 4.69) is 4.98 Å². The van der Waals surface area contributed by atoms with Gasteiger partial charge in [0.25, 0.3) is 0 Å². The fraction of sp³-hybridized carbons (Fsp3) is 0. The van der Waals surface area contributed by atoms with Crippen LogP contribution in [0.15, 0.2) is 42.6 Å². The zero-order chi connectivity index (χ0) is 11.5. The van der Waals surface area contributed by atoms with Gasteiger partial charge in [0.2, 0.25) is 5.78 Å². The predicted molar refractivity (Wildman–Crippen MR) is 58.5 cm³/mol. The molecule has 0 unspecified atom stereocenters. The summed E-state index contributed by atoms with van der Waals surface area (Å²) in [4.78, 5) is 15.8. The van der Waals surface area contributed by atoms with Crippen LogP contribution in [-0.4, -0.2) is 10.8 Å². The normalized spacial score (nSPS) is 10.1. The molecule has 0 aliphatic rings. The first-order chi connectivity index (χ1) is 7.68. The van der Waals surface area contributed by atoms with Gasteiger partial charge in [-0.1, -0.05) is 6.07 Å². The summed E-state index contributed by atoms with van der Waals surface area (Å²) >= 11 is 0. The van der Waals surface area contributed by atoms with E-state index in [1.54, 1.807) is 18.2 Å². The topological polar surface area (TPSA) is 56.0 Å². The quantitative estimate of drug-likeness (QED) is 0.617. The van der Waals surface area contributed by atoms with Gasteiger partial charge < -0.3 is 5.73 Å². The van der Waals surface area contributed by atoms with Crippen molar-refractivity contribution in [3.63, 3.8) is 0 Å². The molecule has 80 valence electrons. The molecule has 0 aliphatic carbocycles. The van der Waals surface area contributed by atoms with Gasteiger partial charge in [-0.05, 0) is 30.3 Å². The summed E-state index contributed by atoms with van der Waals surface area (Å²) < 4.78 is 12.9. The van der Waals surface area contributed by atoms with E-state index in [4.69, 9.17) is 5.73 Å². The van der Waals surface area contributed by atoms with E-state index in [0.29, 0.717) is 11.3 Å². The van der Waals surface area contributed by atoms with Crippen molar-refractivity contribution in [3.05, 3.63) is 59.7 Å². The van der Waals surface area contributed by atoms with Crippen LogP contribution in [0.3, 0.4) is 0 Å². The smallest absolute Gasteiger partial charge is 0.211 e. The first kappa shape index (κ1) is 10.3. The number of nitrogens with two attached hydrogens (primary N) is 1. The van der Waals surface area contributed by atoms with Crippen LogP contribution in [0.2, 0.25) is 0 Å². The Morgan fingerprint density at radius 2 is 2.06 bits per heavy atom. The lowest BCUT2D eigenvalue weighted by atomic mass is 10.1. The second-order valence-electron chi connectivity index (χ2n) is 3.28. The van der Waals surface area contributed by atoms with E-state index in [1.165, 1.54) is 24.4 Å². The highest BCUT2D eigenvalue weighted by Crippen LogP contribution is 2.14. The first-order valence-electron chi connectivity index (χ1n) is 4.69. The van der Waals surface area contributed by atoms with Crippen LogP contribution in [0.1, 0.15) is 16.1 Å². The first-order valence-corrected chi connectivity index (χ1v) is 4.69. The summed E-state index contributed by atoms with van der Waals surface area (Å²) in [5, 5.41) is 0. The Morgan fingerprint density at radius 1 is 1.25 bits per heavy atom. The van der Waals surface area contributed by atoms with Crippen molar-refractivity contribution in [3.8, 4) is 0 Å². The Kier molecular flexibility index (Phi) is 2.64. The number of benzene rings is 1. The molecule has 3 nitrogen and oxygen atoms in total. The van der Waals surface area contributed by atoms with Gasteiger partial charge in [0.05, 0.1) is 5.69 Å². The van der Waals surface area contributed by atoms with E-state index < -0.39 is 5.82 Å². The summed E-state index contributed by atoms with van der Waals surface area (Å²) in [5.41, 5.74) is 5.99. The lowest BCUT2D eigenvalue weighted by molar-refractivity contribution is 0.103. The predicted octanol–water partition coefficient (Wildman–Crippen LogP) is 2.03. The highest BCUT2D eigenvalue weighted by atomic mass is 19.1. The molecule has 1 aromatic heterocycles. The second-order valence-corrected chi connectivity index (χ2v) is 3.28. The number of hydrogen-bond donors (Lipinski definition) is 1. The number of ketones is 1. The number of aromatic nitrogens is 1. The minimum atomic E-state index is -0.530. The Labute approximate surface area is 91.7 Å². The maximum Gasteiger partial charge on any atom is 0.211 e. The number of nitrogen functional groups attached to an aromatic ring is 1. The largest absolute Gasteiger partial charge is 0.396 e. The Hall–Kier alpha value is -2.23. The highest BCUT2D eigenvalue weighted by Gasteiger charge is 2.11. The maximum atomic E-state index is 12.9. The molecule has 1 aromatic carbocycles. The van der Waals surface area contributed by atoms with Crippen molar-refractivity contribution in [2.24, 2.45) is 0 Å². The number of carbonyl (C=O) groups excluding carboxylic acids is 1. The number of halogens is 1. The number of pyridine rings is 1. The minimum absolute atomic E-state index is 0.0400. The molecule has 2 aromatic rings. The molecule has 16 heavy (non-hydrogen) atoms. The van der Waals surface area contributed by atoms with Crippen molar-refractivity contribution >= 4 is 11.5 Å². The zero-order valence-corrected chi connectivity index (χ0v) is 8.35. The molecule has 0 fully saturated rings. The van der Waals surface area contributed by atoms with Crippen molar-refractivity contribution in [1.29, 1.82) is 0 Å². The van der Waals surface area contributed by atoms with Crippen LogP contribution < -0.4 is 5.73 Å². The molecule has 2 rings (SSSR count). The van der Waals surface area contributed by atoms with Crippen molar-refractivity contribution < 1.29 is 9.18 Å². The van der Waals surface area contributed by atoms with Gasteiger partial charge in [-0.15, -0.1) is 0 Å². The number of rotatable bonds is 2. The number of carbonyl (C=O) groups is 1. The van der Waals surface area contributed by atoms with Gasteiger partial charge in [-0.3, -0.25) is 9.78 Å². The van der Waals surface area contributed by atoms with Gasteiger partial charge >= 0.3 is 0 Å². The lowest BCUT2D eigenvalue weighted by Crippen LogP contribution is -2.04. The summed E-state index contributed by atoms with van der Waals surface area (Å²) in [6.07, 6.45) is 1.53. The Bertz CT molecular complexity index is 526. The third kappa shape index (κ3) is 1.91. The molecule has 1 heterocycles. The van der Waals surface area contributed by atoms with Crippen LogP contribution in [0.25, 0.3) is 0 Å². The van der Waals surface area contributed by atoms with Gasteiger partial charge in [0, 0.05) is 11.8 Å². The summed E-state index contributed by atoms with van der Waals surface area (Å²) in [6.45, 7) is 0. The van der Waals surface area contributed by atoms with Crippen molar-refractivity contribution in [2.45, 2.75) is 0 Å². The van der Waals surface area contributed by atoms with Gasteiger partial charge in [-0.25, -0.2) is 4.39 Å². The molecule has 0 amide bonds. The maximum absolute atomic E-state index is 12.9. The van der Waals surface area contributed by atoms with Crippen molar-refractivity contribution in [2.75, 3.05) is 5.73 Å². The Balaban J connectivity index is 2.39. The van der Waals surface area contributed by atoms with Gasteiger partial charge in [0.1, 0.15) is 11.5 Å². The molecule has 0 spiro atoms.